The monoisotopic (exact) mass is 296 g/mol. The number of carbonyl (C=O) groups excluding carboxylic acids is 2. The summed E-state index contributed by atoms with van der Waals surface area (Å²) in [5.74, 6) is -1.68. The lowest BCUT2D eigenvalue weighted by molar-refractivity contribution is -0.149. The number of ketones is 1. The van der Waals surface area contributed by atoms with E-state index in [0.29, 0.717) is 12.8 Å². The van der Waals surface area contributed by atoms with Crippen molar-refractivity contribution in [3.05, 3.63) is 0 Å². The smallest absolute Gasteiger partial charge is 0.304 e. The first-order valence-corrected chi connectivity index (χ1v) is 8.12. The van der Waals surface area contributed by atoms with Crippen LogP contribution in [0.2, 0.25) is 0 Å². The number of sulfone groups is 1. The van der Waals surface area contributed by atoms with Gasteiger partial charge in [-0.15, -0.1) is 11.6 Å². The summed E-state index contributed by atoms with van der Waals surface area (Å²) in [7, 11) is -3.93. The molecule has 0 N–H and O–H groups in total. The number of Topliss-reactive ketones (excluding diaryl/α,β-unsaturated/α-hetero) is 1. The summed E-state index contributed by atoms with van der Waals surface area (Å²) in [5, 5.41) is -0.733. The van der Waals surface area contributed by atoms with Crippen molar-refractivity contribution in [1.29, 1.82) is 0 Å². The minimum absolute atomic E-state index is 0.346. The van der Waals surface area contributed by atoms with Crippen LogP contribution in [0.25, 0.3) is 0 Å². The molecule has 1 atom stereocenters. The maximum atomic E-state index is 12.1. The van der Waals surface area contributed by atoms with Crippen LogP contribution in [0.5, 0.6) is 0 Å². The molecule has 5 nitrogen and oxygen atoms in total. The zero-order valence-electron chi connectivity index (χ0n) is 10.2. The SMILES string of the molecule is CC(=O)OC(C(=O)C1CCCCC1)S(=O)(=O)CCl. The molecule has 0 amide bonds. The van der Waals surface area contributed by atoms with Crippen LogP contribution in [0.1, 0.15) is 39.0 Å². The third kappa shape index (κ3) is 3.95. The van der Waals surface area contributed by atoms with Crippen LogP contribution in [0.15, 0.2) is 0 Å². The van der Waals surface area contributed by atoms with Crippen molar-refractivity contribution in [2.24, 2.45) is 5.92 Å². The van der Waals surface area contributed by atoms with Gasteiger partial charge in [0, 0.05) is 12.8 Å². The molecule has 7 heteroatoms. The predicted octanol–water partition coefficient (Wildman–Crippen LogP) is 1.64. The first-order valence-electron chi connectivity index (χ1n) is 5.87. The van der Waals surface area contributed by atoms with Crippen molar-refractivity contribution in [2.45, 2.75) is 44.5 Å². The fraction of sp³-hybridized carbons (Fsp3) is 0.818. The van der Waals surface area contributed by atoms with E-state index in [-0.39, 0.29) is 5.92 Å². The van der Waals surface area contributed by atoms with E-state index in [2.05, 4.69) is 4.74 Å². The van der Waals surface area contributed by atoms with Crippen LogP contribution in [0.4, 0.5) is 0 Å². The Labute approximate surface area is 112 Å². The van der Waals surface area contributed by atoms with Crippen LogP contribution in [-0.2, 0) is 24.2 Å². The van der Waals surface area contributed by atoms with E-state index in [4.69, 9.17) is 11.6 Å². The molecule has 1 fully saturated rings. The van der Waals surface area contributed by atoms with Crippen molar-refractivity contribution in [2.75, 3.05) is 5.21 Å². The second kappa shape index (κ2) is 6.52. The zero-order valence-corrected chi connectivity index (χ0v) is 11.8. The van der Waals surface area contributed by atoms with Gasteiger partial charge in [-0.1, -0.05) is 19.3 Å². The van der Waals surface area contributed by atoms with E-state index in [0.717, 1.165) is 26.2 Å². The fourth-order valence-corrected chi connectivity index (χ4v) is 3.38. The normalized spacial score (nSPS) is 19.2. The Kier molecular flexibility index (Phi) is 5.59. The molecule has 18 heavy (non-hydrogen) atoms. The summed E-state index contributed by atoms with van der Waals surface area (Å²) in [6.07, 6.45) is 4.13. The van der Waals surface area contributed by atoms with E-state index in [9.17, 15) is 18.0 Å². The number of hydrogen-bond acceptors (Lipinski definition) is 5. The molecule has 0 aliphatic heterocycles. The van der Waals surface area contributed by atoms with Crippen LogP contribution in [0.3, 0.4) is 0 Å². The number of hydrogen-bond donors (Lipinski definition) is 0. The first kappa shape index (κ1) is 15.4. The van der Waals surface area contributed by atoms with Gasteiger partial charge in [0.1, 0.15) is 5.21 Å². The average Bonchev–Trinajstić information content (AvgIpc) is 2.36. The van der Waals surface area contributed by atoms with Crippen molar-refractivity contribution in [3.8, 4) is 0 Å². The van der Waals surface area contributed by atoms with E-state index in [1.165, 1.54) is 0 Å². The highest BCUT2D eigenvalue weighted by Gasteiger charge is 2.39. The van der Waals surface area contributed by atoms with Gasteiger partial charge in [-0.25, -0.2) is 8.42 Å². The molecule has 0 aromatic rings. The number of carbonyl (C=O) groups is 2. The third-order valence-electron chi connectivity index (χ3n) is 2.99. The molecule has 0 heterocycles. The second-order valence-electron chi connectivity index (χ2n) is 4.45. The highest BCUT2D eigenvalue weighted by atomic mass is 35.5. The standard InChI is InChI=1S/C11H17ClO5S/c1-8(13)17-11(18(15,16)7-12)10(14)9-5-3-2-4-6-9/h9,11H,2-7H2,1H3. The molecule has 1 saturated carbocycles. The van der Waals surface area contributed by atoms with E-state index in [1.807, 2.05) is 0 Å². The summed E-state index contributed by atoms with van der Waals surface area (Å²) in [5.41, 5.74) is -1.74. The lowest BCUT2D eigenvalue weighted by Gasteiger charge is -2.24. The van der Waals surface area contributed by atoms with Gasteiger partial charge < -0.3 is 4.74 Å². The van der Waals surface area contributed by atoms with Gasteiger partial charge in [0.15, 0.2) is 5.78 Å². The van der Waals surface area contributed by atoms with E-state index >= 15 is 0 Å². The lowest BCUT2D eigenvalue weighted by Crippen LogP contribution is -2.39. The Morgan fingerprint density at radius 2 is 1.83 bits per heavy atom. The summed E-state index contributed by atoms with van der Waals surface area (Å²) in [6, 6.07) is 0. The molecule has 1 rings (SSSR count). The highest BCUT2D eigenvalue weighted by Crippen LogP contribution is 2.27. The quantitative estimate of drug-likeness (QED) is 0.569. The van der Waals surface area contributed by atoms with E-state index < -0.39 is 32.2 Å². The maximum Gasteiger partial charge on any atom is 0.304 e. The van der Waals surface area contributed by atoms with Crippen LogP contribution in [0, 0.1) is 5.92 Å². The molecule has 0 aromatic carbocycles. The van der Waals surface area contributed by atoms with E-state index in [1.54, 1.807) is 0 Å². The van der Waals surface area contributed by atoms with Gasteiger partial charge in [-0.05, 0) is 12.8 Å². The molecule has 1 aliphatic rings. The number of ether oxygens (including phenoxy) is 1. The zero-order chi connectivity index (χ0) is 13.8. The topological polar surface area (TPSA) is 77.5 Å². The molecule has 0 radical (unpaired) electrons. The van der Waals surface area contributed by atoms with Crippen molar-refractivity contribution < 1.29 is 22.7 Å². The van der Waals surface area contributed by atoms with Crippen molar-refractivity contribution in [3.63, 3.8) is 0 Å². The molecule has 0 spiro atoms. The summed E-state index contributed by atoms with van der Waals surface area (Å²) in [6.45, 7) is 1.07. The van der Waals surface area contributed by atoms with Crippen molar-refractivity contribution >= 4 is 33.2 Å². The fourth-order valence-electron chi connectivity index (χ4n) is 2.10. The van der Waals surface area contributed by atoms with Crippen LogP contribution in [-0.4, -0.2) is 30.8 Å². The summed E-state index contributed by atoms with van der Waals surface area (Å²) in [4.78, 5) is 23.0. The molecule has 0 aromatic heterocycles. The second-order valence-corrected chi connectivity index (χ2v) is 7.08. The molecule has 1 unspecified atom stereocenters. The molecule has 104 valence electrons. The van der Waals surface area contributed by atoms with Gasteiger partial charge in [0.2, 0.25) is 9.84 Å². The maximum absolute atomic E-state index is 12.1. The van der Waals surface area contributed by atoms with Gasteiger partial charge >= 0.3 is 5.97 Å². The Hall–Kier alpha value is -0.620. The van der Waals surface area contributed by atoms with Gasteiger partial charge in [-0.3, -0.25) is 9.59 Å². The van der Waals surface area contributed by atoms with Crippen molar-refractivity contribution in [1.82, 2.24) is 0 Å². The Morgan fingerprint density at radius 3 is 2.28 bits per heavy atom. The van der Waals surface area contributed by atoms with Gasteiger partial charge in [-0.2, -0.15) is 0 Å². The van der Waals surface area contributed by atoms with Crippen LogP contribution >= 0.6 is 11.6 Å². The number of halogens is 1. The Morgan fingerprint density at radius 1 is 1.28 bits per heavy atom. The van der Waals surface area contributed by atoms with Crippen LogP contribution < -0.4 is 0 Å². The molecular formula is C11H17ClO5S. The number of alkyl halides is 1. The third-order valence-corrected chi connectivity index (χ3v) is 5.19. The minimum atomic E-state index is -3.93. The largest absolute Gasteiger partial charge is 0.438 e. The molecular weight excluding hydrogens is 280 g/mol. The Bertz CT molecular complexity index is 411. The Balaban J connectivity index is 2.88. The number of rotatable bonds is 5. The average molecular weight is 297 g/mol. The highest BCUT2D eigenvalue weighted by molar-refractivity contribution is 7.93. The molecule has 0 bridgehead atoms. The van der Waals surface area contributed by atoms with Gasteiger partial charge in [0.05, 0.1) is 0 Å². The van der Waals surface area contributed by atoms with Gasteiger partial charge in [0.25, 0.3) is 5.44 Å². The summed E-state index contributed by atoms with van der Waals surface area (Å²) < 4.78 is 28.0. The number of esters is 1. The predicted molar refractivity (Wildman–Crippen MR) is 66.8 cm³/mol. The molecule has 0 saturated heterocycles. The first-order chi connectivity index (χ1) is 8.38. The summed E-state index contributed by atoms with van der Waals surface area (Å²) >= 11 is 5.32. The molecule has 1 aliphatic carbocycles. The minimum Gasteiger partial charge on any atom is -0.438 e. The lowest BCUT2D eigenvalue weighted by atomic mass is 9.86.